The van der Waals surface area contributed by atoms with Crippen molar-refractivity contribution in [3.05, 3.63) is 0 Å². The molecular weight excluding hydrogens is 270 g/mol. The van der Waals surface area contributed by atoms with Gasteiger partial charge in [0.15, 0.2) is 0 Å². The van der Waals surface area contributed by atoms with E-state index in [-0.39, 0.29) is 17.2 Å². The van der Waals surface area contributed by atoms with Gasteiger partial charge in [0.25, 0.3) is 0 Å². The molecule has 0 amide bonds. The van der Waals surface area contributed by atoms with Crippen LogP contribution >= 0.6 is 11.6 Å². The highest BCUT2D eigenvalue weighted by atomic mass is 35.5. The van der Waals surface area contributed by atoms with E-state index in [1.54, 1.807) is 0 Å². The van der Waals surface area contributed by atoms with Crippen molar-refractivity contribution in [3.8, 4) is 0 Å². The Kier molecular flexibility index (Phi) is 5.94. The summed E-state index contributed by atoms with van der Waals surface area (Å²) in [5.41, 5.74) is 0.153. The van der Waals surface area contributed by atoms with Gasteiger partial charge < -0.3 is 0 Å². The normalized spacial score (nSPS) is 26.2. The van der Waals surface area contributed by atoms with Crippen LogP contribution < -0.4 is 4.72 Å². The zero-order chi connectivity index (χ0) is 13.8. The maximum absolute atomic E-state index is 12.0. The molecule has 1 saturated carbocycles. The van der Waals surface area contributed by atoms with Gasteiger partial charge in [-0.15, -0.1) is 11.6 Å². The molecule has 1 fully saturated rings. The molecule has 1 aliphatic rings. The van der Waals surface area contributed by atoms with E-state index in [1.807, 2.05) is 0 Å². The second-order valence-corrected chi connectivity index (χ2v) is 8.59. The molecule has 0 radical (unpaired) electrons. The van der Waals surface area contributed by atoms with Gasteiger partial charge in [0.05, 0.1) is 5.75 Å². The maximum atomic E-state index is 12.0. The van der Waals surface area contributed by atoms with E-state index in [4.69, 9.17) is 11.6 Å². The summed E-state index contributed by atoms with van der Waals surface area (Å²) in [7, 11) is -3.17. The monoisotopic (exact) mass is 295 g/mol. The predicted molar refractivity (Wildman–Crippen MR) is 77.5 cm³/mol. The van der Waals surface area contributed by atoms with Gasteiger partial charge in [-0.2, -0.15) is 0 Å². The van der Waals surface area contributed by atoms with Crippen molar-refractivity contribution in [2.45, 2.75) is 58.9 Å². The topological polar surface area (TPSA) is 46.2 Å². The van der Waals surface area contributed by atoms with Crippen molar-refractivity contribution < 1.29 is 8.42 Å². The molecule has 0 spiro atoms. The third-order valence-corrected chi connectivity index (χ3v) is 5.51. The third-order valence-electron chi connectivity index (χ3n) is 3.76. The number of nitrogens with one attached hydrogen (secondary N) is 1. The minimum absolute atomic E-state index is 0.0964. The Morgan fingerprint density at radius 3 is 2.39 bits per heavy atom. The van der Waals surface area contributed by atoms with Crippen LogP contribution in [-0.4, -0.2) is 26.1 Å². The van der Waals surface area contributed by atoms with Gasteiger partial charge in [-0.05, 0) is 30.6 Å². The fourth-order valence-corrected chi connectivity index (χ4v) is 4.52. The molecule has 2 unspecified atom stereocenters. The van der Waals surface area contributed by atoms with Gasteiger partial charge in [0.1, 0.15) is 0 Å². The predicted octanol–water partition coefficient (Wildman–Crippen LogP) is 3.14. The molecule has 108 valence electrons. The summed E-state index contributed by atoms with van der Waals surface area (Å²) in [6.45, 7) is 6.59. The third kappa shape index (κ3) is 5.06. The minimum atomic E-state index is -3.17. The first-order chi connectivity index (χ1) is 8.26. The maximum Gasteiger partial charge on any atom is 0.211 e. The van der Waals surface area contributed by atoms with E-state index in [2.05, 4.69) is 25.5 Å². The van der Waals surface area contributed by atoms with Gasteiger partial charge in [-0.25, -0.2) is 13.1 Å². The molecule has 0 heterocycles. The van der Waals surface area contributed by atoms with Crippen molar-refractivity contribution in [3.63, 3.8) is 0 Å². The van der Waals surface area contributed by atoms with Crippen molar-refractivity contribution in [2.75, 3.05) is 11.6 Å². The lowest BCUT2D eigenvalue weighted by Crippen LogP contribution is -2.47. The molecular formula is C13H26ClNO2S. The lowest BCUT2D eigenvalue weighted by Gasteiger charge is -2.40. The quantitative estimate of drug-likeness (QED) is 0.792. The number of rotatable bonds is 5. The number of halogens is 1. The summed E-state index contributed by atoms with van der Waals surface area (Å²) in [5, 5.41) is 0. The van der Waals surface area contributed by atoms with E-state index >= 15 is 0 Å². The van der Waals surface area contributed by atoms with Gasteiger partial charge in [0.2, 0.25) is 10.0 Å². The Labute approximate surface area is 117 Å². The van der Waals surface area contributed by atoms with Gasteiger partial charge in [0, 0.05) is 11.9 Å². The second-order valence-electron chi connectivity index (χ2n) is 6.34. The molecule has 1 aliphatic carbocycles. The van der Waals surface area contributed by atoms with Gasteiger partial charge >= 0.3 is 0 Å². The van der Waals surface area contributed by atoms with Crippen molar-refractivity contribution in [1.29, 1.82) is 0 Å². The number of hydrogen-bond donors (Lipinski definition) is 1. The fourth-order valence-electron chi connectivity index (χ4n) is 2.84. The average Bonchev–Trinajstić information content (AvgIpc) is 2.25. The van der Waals surface area contributed by atoms with E-state index in [1.165, 1.54) is 6.42 Å². The molecule has 2 atom stereocenters. The van der Waals surface area contributed by atoms with Crippen molar-refractivity contribution >= 4 is 21.6 Å². The summed E-state index contributed by atoms with van der Waals surface area (Å²) < 4.78 is 26.8. The highest BCUT2D eigenvalue weighted by Gasteiger charge is 2.35. The molecule has 0 bridgehead atoms. The van der Waals surface area contributed by atoms with Crippen LogP contribution in [0.1, 0.15) is 52.9 Å². The number of sulfonamides is 1. The standard InChI is InChI=1S/C13H26ClNO2S/c1-13(2,3)11-7-4-5-8-12(11)15-18(16,17)10-6-9-14/h11-12,15H,4-10H2,1-3H3. The summed E-state index contributed by atoms with van der Waals surface area (Å²) in [6.07, 6.45) is 4.93. The van der Waals surface area contributed by atoms with Crippen LogP contribution in [0.2, 0.25) is 0 Å². The van der Waals surface area contributed by atoms with E-state index < -0.39 is 10.0 Å². The molecule has 18 heavy (non-hydrogen) atoms. The molecule has 5 heteroatoms. The lowest BCUT2D eigenvalue weighted by atomic mass is 9.70. The molecule has 0 aliphatic heterocycles. The van der Waals surface area contributed by atoms with Gasteiger partial charge in [-0.1, -0.05) is 33.6 Å². The van der Waals surface area contributed by atoms with E-state index in [0.29, 0.717) is 18.2 Å². The Morgan fingerprint density at radius 2 is 1.83 bits per heavy atom. The molecule has 1 rings (SSSR count). The summed E-state index contributed by atoms with van der Waals surface area (Å²) in [6, 6.07) is 0.0964. The first kappa shape index (κ1) is 16.3. The van der Waals surface area contributed by atoms with Crippen LogP contribution in [0.5, 0.6) is 0 Å². The minimum Gasteiger partial charge on any atom is -0.212 e. The van der Waals surface area contributed by atoms with Crippen LogP contribution in [0.25, 0.3) is 0 Å². The molecule has 0 aromatic heterocycles. The van der Waals surface area contributed by atoms with Crippen molar-refractivity contribution in [1.82, 2.24) is 4.72 Å². The number of hydrogen-bond acceptors (Lipinski definition) is 2. The van der Waals surface area contributed by atoms with Crippen molar-refractivity contribution in [2.24, 2.45) is 11.3 Å². The highest BCUT2D eigenvalue weighted by molar-refractivity contribution is 7.89. The Bertz CT molecular complexity index is 348. The summed E-state index contributed by atoms with van der Waals surface area (Å²) in [5.74, 6) is 0.968. The van der Waals surface area contributed by atoms with Crippen LogP contribution in [0.15, 0.2) is 0 Å². The SMILES string of the molecule is CC(C)(C)C1CCCCC1NS(=O)(=O)CCCCl. The molecule has 3 nitrogen and oxygen atoms in total. The molecule has 0 saturated heterocycles. The smallest absolute Gasteiger partial charge is 0.211 e. The molecule has 0 aromatic carbocycles. The van der Waals surface area contributed by atoms with Crippen LogP contribution in [0, 0.1) is 11.3 Å². The first-order valence-corrected chi connectivity index (χ1v) is 9.01. The van der Waals surface area contributed by atoms with Gasteiger partial charge in [-0.3, -0.25) is 0 Å². The zero-order valence-corrected chi connectivity index (χ0v) is 13.3. The second kappa shape index (κ2) is 6.58. The molecule has 1 N–H and O–H groups in total. The van der Waals surface area contributed by atoms with E-state index in [9.17, 15) is 8.42 Å². The summed E-state index contributed by atoms with van der Waals surface area (Å²) >= 11 is 5.56. The average molecular weight is 296 g/mol. The van der Waals surface area contributed by atoms with Crippen LogP contribution in [-0.2, 0) is 10.0 Å². The Hall–Kier alpha value is 0.200. The zero-order valence-electron chi connectivity index (χ0n) is 11.7. The van der Waals surface area contributed by atoms with E-state index in [0.717, 1.165) is 19.3 Å². The first-order valence-electron chi connectivity index (χ1n) is 6.82. The lowest BCUT2D eigenvalue weighted by molar-refractivity contribution is 0.144. The summed E-state index contributed by atoms with van der Waals surface area (Å²) in [4.78, 5) is 0. The molecule has 0 aromatic rings. The largest absolute Gasteiger partial charge is 0.212 e. The highest BCUT2D eigenvalue weighted by Crippen LogP contribution is 2.38. The van der Waals surface area contributed by atoms with Crippen LogP contribution in [0.3, 0.4) is 0 Å². The Morgan fingerprint density at radius 1 is 1.22 bits per heavy atom. The van der Waals surface area contributed by atoms with Crippen LogP contribution in [0.4, 0.5) is 0 Å². The Balaban J connectivity index is 2.68. The fraction of sp³-hybridized carbons (Fsp3) is 1.00. The number of alkyl halides is 1.